The summed E-state index contributed by atoms with van der Waals surface area (Å²) in [5.74, 6) is 0.336. The summed E-state index contributed by atoms with van der Waals surface area (Å²) in [6.45, 7) is 6.54. The molecule has 3 aromatic rings. The zero-order valence-corrected chi connectivity index (χ0v) is 18.6. The highest BCUT2D eigenvalue weighted by Gasteiger charge is 2.23. The number of pyridine rings is 1. The number of amides is 1. The number of nitrogens with one attached hydrogen (secondary N) is 1. The molecule has 1 atom stereocenters. The molecule has 0 aliphatic carbocycles. The van der Waals surface area contributed by atoms with E-state index >= 15 is 0 Å². The number of carbonyl (C=O) groups excluding carboxylic acids is 1. The lowest BCUT2D eigenvalue weighted by atomic mass is 10.0. The van der Waals surface area contributed by atoms with Gasteiger partial charge in [-0.1, -0.05) is 36.8 Å². The summed E-state index contributed by atoms with van der Waals surface area (Å²) in [4.78, 5) is 19.5. The number of hydrogen-bond donors (Lipinski definition) is 1. The van der Waals surface area contributed by atoms with Gasteiger partial charge in [-0.05, 0) is 50.4 Å². The number of benzene rings is 1. The van der Waals surface area contributed by atoms with Crippen molar-refractivity contribution in [1.29, 1.82) is 0 Å². The summed E-state index contributed by atoms with van der Waals surface area (Å²) in [6, 6.07) is 12.9. The van der Waals surface area contributed by atoms with Crippen molar-refractivity contribution in [3.63, 3.8) is 0 Å². The average Bonchev–Trinajstić information content (AvgIpc) is 3.08. The Bertz CT molecular complexity index is 1050. The summed E-state index contributed by atoms with van der Waals surface area (Å²) >= 11 is 0. The third-order valence-corrected chi connectivity index (χ3v) is 5.94. The largest absolute Gasteiger partial charge is 0.466 e. The van der Waals surface area contributed by atoms with Crippen LogP contribution in [0, 0.1) is 13.8 Å². The number of likely N-dealkylation sites (tertiary alicyclic amines) is 1. The second kappa shape index (κ2) is 9.47. The normalized spacial score (nSPS) is 17.1. The summed E-state index contributed by atoms with van der Waals surface area (Å²) in [7, 11) is 1.84. The minimum Gasteiger partial charge on any atom is -0.466 e. The quantitative estimate of drug-likeness (QED) is 0.635. The predicted molar refractivity (Wildman–Crippen MR) is 121 cm³/mol. The van der Waals surface area contributed by atoms with Crippen molar-refractivity contribution >= 4 is 16.9 Å². The first kappa shape index (κ1) is 21.3. The molecule has 0 bridgehead atoms. The number of aromatic nitrogens is 3. The molecule has 7 heteroatoms. The zero-order valence-electron chi connectivity index (χ0n) is 18.6. The molecule has 3 heterocycles. The minimum absolute atomic E-state index is 0.0508. The van der Waals surface area contributed by atoms with E-state index < -0.39 is 0 Å². The van der Waals surface area contributed by atoms with Crippen molar-refractivity contribution < 1.29 is 9.53 Å². The Morgan fingerprint density at radius 3 is 2.84 bits per heavy atom. The van der Waals surface area contributed by atoms with Crippen LogP contribution in [0.3, 0.4) is 0 Å². The lowest BCUT2D eigenvalue weighted by molar-refractivity contribution is -0.123. The van der Waals surface area contributed by atoms with Gasteiger partial charge in [-0.15, -0.1) is 5.10 Å². The molecule has 1 amide bonds. The minimum atomic E-state index is -0.123. The van der Waals surface area contributed by atoms with Gasteiger partial charge in [0.15, 0.2) is 12.3 Å². The van der Waals surface area contributed by atoms with E-state index in [0.717, 1.165) is 41.8 Å². The van der Waals surface area contributed by atoms with E-state index in [2.05, 4.69) is 44.6 Å². The molecule has 4 rings (SSSR count). The Kier molecular flexibility index (Phi) is 6.51. The summed E-state index contributed by atoms with van der Waals surface area (Å²) < 4.78 is 7.49. The number of rotatable bonds is 7. The van der Waals surface area contributed by atoms with Crippen LogP contribution >= 0.6 is 0 Å². The van der Waals surface area contributed by atoms with E-state index in [1.807, 2.05) is 33.0 Å². The molecule has 1 unspecified atom stereocenters. The molecule has 31 heavy (non-hydrogen) atoms. The fourth-order valence-corrected chi connectivity index (χ4v) is 4.38. The van der Waals surface area contributed by atoms with Crippen LogP contribution in [-0.4, -0.2) is 51.3 Å². The van der Waals surface area contributed by atoms with E-state index in [-0.39, 0.29) is 12.5 Å². The van der Waals surface area contributed by atoms with Gasteiger partial charge in [-0.2, -0.15) is 0 Å². The van der Waals surface area contributed by atoms with Crippen LogP contribution in [0.25, 0.3) is 11.0 Å². The third-order valence-electron chi connectivity index (χ3n) is 5.94. The second-order valence-corrected chi connectivity index (χ2v) is 8.41. The number of carbonyl (C=O) groups is 1. The molecule has 0 saturated carbocycles. The molecule has 2 aromatic heterocycles. The van der Waals surface area contributed by atoms with E-state index in [4.69, 9.17) is 4.74 Å². The number of nitrogens with zero attached hydrogens (tertiary/aromatic N) is 4. The average molecular weight is 422 g/mol. The predicted octanol–water partition coefficient (Wildman–Crippen LogP) is 3.13. The zero-order chi connectivity index (χ0) is 21.8. The molecular formula is C24H31N5O2. The lowest BCUT2D eigenvalue weighted by Gasteiger charge is -2.35. The van der Waals surface area contributed by atoms with Gasteiger partial charge in [-0.3, -0.25) is 9.69 Å². The standard InChI is InChI=1S/C24H31N5O2/c1-17-13-18(2)26-23-22(17)24(27-28(23)3)31-16-21(30)25-14-20-11-7-8-12-29(20)15-19-9-5-4-6-10-19/h4-6,9-10,13,20H,7-8,11-12,14-16H2,1-3H3,(H,25,30). The van der Waals surface area contributed by atoms with Crippen LogP contribution < -0.4 is 10.1 Å². The maximum Gasteiger partial charge on any atom is 0.258 e. The molecule has 1 fully saturated rings. The van der Waals surface area contributed by atoms with Crippen LogP contribution in [-0.2, 0) is 18.4 Å². The lowest BCUT2D eigenvalue weighted by Crippen LogP contribution is -2.47. The monoisotopic (exact) mass is 421 g/mol. The second-order valence-electron chi connectivity index (χ2n) is 8.41. The van der Waals surface area contributed by atoms with Gasteiger partial charge in [0.25, 0.3) is 5.91 Å². The van der Waals surface area contributed by atoms with Crippen LogP contribution in [0.4, 0.5) is 0 Å². The summed E-state index contributed by atoms with van der Waals surface area (Å²) in [6.07, 6.45) is 3.51. The molecule has 0 radical (unpaired) electrons. The van der Waals surface area contributed by atoms with E-state index in [1.54, 1.807) is 4.68 Å². The van der Waals surface area contributed by atoms with Crippen LogP contribution in [0.1, 0.15) is 36.1 Å². The van der Waals surface area contributed by atoms with Gasteiger partial charge in [-0.25, -0.2) is 9.67 Å². The third kappa shape index (κ3) is 5.05. The van der Waals surface area contributed by atoms with Gasteiger partial charge < -0.3 is 10.1 Å². The van der Waals surface area contributed by atoms with Gasteiger partial charge in [0.2, 0.25) is 5.88 Å². The number of piperidine rings is 1. The van der Waals surface area contributed by atoms with E-state index in [9.17, 15) is 4.79 Å². The highest BCUT2D eigenvalue weighted by Crippen LogP contribution is 2.27. The molecule has 164 valence electrons. The molecule has 1 N–H and O–H groups in total. The van der Waals surface area contributed by atoms with E-state index in [0.29, 0.717) is 18.5 Å². The number of fused-ring (bicyclic) bond motifs is 1. The smallest absolute Gasteiger partial charge is 0.258 e. The van der Waals surface area contributed by atoms with Gasteiger partial charge in [0, 0.05) is 31.9 Å². The van der Waals surface area contributed by atoms with Crippen LogP contribution in [0.2, 0.25) is 0 Å². The maximum atomic E-state index is 12.5. The summed E-state index contributed by atoms with van der Waals surface area (Å²) in [5.41, 5.74) is 4.06. The molecule has 1 aliphatic rings. The van der Waals surface area contributed by atoms with Gasteiger partial charge in [0.1, 0.15) is 0 Å². The molecular weight excluding hydrogens is 390 g/mol. The highest BCUT2D eigenvalue weighted by atomic mass is 16.5. The van der Waals surface area contributed by atoms with Crippen molar-refractivity contribution in [2.45, 2.75) is 45.7 Å². The van der Waals surface area contributed by atoms with Gasteiger partial charge in [0.05, 0.1) is 5.39 Å². The van der Waals surface area contributed by atoms with Crippen molar-refractivity contribution in [3.8, 4) is 5.88 Å². The Balaban J connectivity index is 1.33. The molecule has 1 aliphatic heterocycles. The Morgan fingerprint density at radius 1 is 1.23 bits per heavy atom. The first-order valence-corrected chi connectivity index (χ1v) is 11.0. The molecule has 0 spiro atoms. The van der Waals surface area contributed by atoms with E-state index in [1.165, 1.54) is 18.4 Å². The van der Waals surface area contributed by atoms with Gasteiger partial charge >= 0.3 is 0 Å². The summed E-state index contributed by atoms with van der Waals surface area (Å²) in [5, 5.41) is 8.34. The Labute approximate surface area is 183 Å². The first-order valence-electron chi connectivity index (χ1n) is 11.0. The van der Waals surface area contributed by atoms with Crippen molar-refractivity contribution in [2.75, 3.05) is 19.7 Å². The van der Waals surface area contributed by atoms with Crippen molar-refractivity contribution in [1.82, 2.24) is 25.0 Å². The van der Waals surface area contributed by atoms with Crippen molar-refractivity contribution in [2.24, 2.45) is 7.05 Å². The molecule has 1 aromatic carbocycles. The number of ether oxygens (including phenoxy) is 1. The van der Waals surface area contributed by atoms with Crippen LogP contribution in [0.5, 0.6) is 5.88 Å². The Hall–Kier alpha value is -2.93. The highest BCUT2D eigenvalue weighted by molar-refractivity contribution is 5.85. The van der Waals surface area contributed by atoms with Crippen LogP contribution in [0.15, 0.2) is 36.4 Å². The Morgan fingerprint density at radius 2 is 2.03 bits per heavy atom. The molecule has 1 saturated heterocycles. The fourth-order valence-electron chi connectivity index (χ4n) is 4.38. The molecule has 7 nitrogen and oxygen atoms in total. The maximum absolute atomic E-state index is 12.5. The van der Waals surface area contributed by atoms with Crippen molar-refractivity contribution in [3.05, 3.63) is 53.2 Å². The fraction of sp³-hybridized carbons (Fsp3) is 0.458. The first-order chi connectivity index (χ1) is 15.0. The number of hydrogen-bond acceptors (Lipinski definition) is 5. The number of aryl methyl sites for hydroxylation is 3. The SMILES string of the molecule is Cc1cc(C)c2c(OCC(=O)NCC3CCCCN3Cc3ccccc3)nn(C)c2n1. The topological polar surface area (TPSA) is 72.3 Å².